The second kappa shape index (κ2) is 13.5. The van der Waals surface area contributed by atoms with Crippen LogP contribution in [0.5, 0.6) is 11.5 Å². The molecule has 0 atom stereocenters. The molecule has 0 saturated carbocycles. The summed E-state index contributed by atoms with van der Waals surface area (Å²) in [7, 11) is 0. The lowest BCUT2D eigenvalue weighted by Gasteiger charge is -2.06. The number of hydrogen-bond donors (Lipinski definition) is 0. The molecule has 0 spiro atoms. The van der Waals surface area contributed by atoms with Crippen LogP contribution in [0.25, 0.3) is 0 Å². The Balaban J connectivity index is 1.79. The summed E-state index contributed by atoms with van der Waals surface area (Å²) in [5.74, 6) is 0.848. The molecule has 1 aromatic carbocycles. The molecule has 22 heavy (non-hydrogen) atoms. The molecule has 0 N–H and O–H groups in total. The van der Waals surface area contributed by atoms with E-state index in [-0.39, 0.29) is 5.75 Å². The van der Waals surface area contributed by atoms with Crippen LogP contribution in [-0.4, -0.2) is 6.61 Å². The van der Waals surface area contributed by atoms with Crippen LogP contribution in [0.3, 0.4) is 0 Å². The Bertz CT molecular complexity index is 345. The SMILES string of the molecule is CCCCCCCCCCCCCCOc1ccc([O])cc1. The molecule has 0 aliphatic rings. The Kier molecular flexibility index (Phi) is 11.6. The summed E-state index contributed by atoms with van der Waals surface area (Å²) in [5, 5.41) is 11.0. The molecule has 1 radical (unpaired) electrons. The van der Waals surface area contributed by atoms with E-state index in [1.54, 1.807) is 24.3 Å². The predicted octanol–water partition coefficient (Wildman–Crippen LogP) is 6.91. The maximum Gasteiger partial charge on any atom is 0.178 e. The van der Waals surface area contributed by atoms with E-state index in [9.17, 15) is 5.11 Å². The number of ether oxygens (including phenoxy) is 1. The third-order valence-corrected chi connectivity index (χ3v) is 4.09. The first-order chi connectivity index (χ1) is 10.8. The van der Waals surface area contributed by atoms with Gasteiger partial charge in [0.05, 0.1) is 6.61 Å². The molecule has 0 aliphatic heterocycles. The van der Waals surface area contributed by atoms with Crippen LogP contribution in [0.1, 0.15) is 84.0 Å². The maximum absolute atomic E-state index is 11.0. The number of benzene rings is 1. The summed E-state index contributed by atoms with van der Waals surface area (Å²) in [4.78, 5) is 0. The highest BCUT2D eigenvalue weighted by molar-refractivity contribution is 5.29. The minimum atomic E-state index is 0.0395. The fraction of sp³-hybridized carbons (Fsp3) is 0.700. The van der Waals surface area contributed by atoms with Crippen LogP contribution >= 0.6 is 0 Å². The fourth-order valence-corrected chi connectivity index (χ4v) is 2.67. The monoisotopic (exact) mass is 305 g/mol. The van der Waals surface area contributed by atoms with Crippen LogP contribution in [0, 0.1) is 0 Å². The number of hydrogen-bond acceptors (Lipinski definition) is 1. The molecular formula is C20H33O2. The third-order valence-electron chi connectivity index (χ3n) is 4.09. The molecule has 125 valence electrons. The average molecular weight is 305 g/mol. The van der Waals surface area contributed by atoms with Gasteiger partial charge in [0.25, 0.3) is 0 Å². The van der Waals surface area contributed by atoms with Crippen molar-refractivity contribution < 1.29 is 9.84 Å². The minimum absolute atomic E-state index is 0.0395. The normalized spacial score (nSPS) is 10.8. The Labute approximate surface area is 136 Å². The van der Waals surface area contributed by atoms with Crippen molar-refractivity contribution in [1.82, 2.24) is 0 Å². The van der Waals surface area contributed by atoms with Gasteiger partial charge in [-0.1, -0.05) is 77.6 Å². The summed E-state index contributed by atoms with van der Waals surface area (Å²) in [6.07, 6.45) is 16.3. The van der Waals surface area contributed by atoms with Crippen molar-refractivity contribution >= 4 is 0 Å². The summed E-state index contributed by atoms with van der Waals surface area (Å²) < 4.78 is 5.61. The third kappa shape index (κ3) is 10.5. The molecule has 0 aromatic heterocycles. The standard InChI is InChI=1S/C20H33O2/c1-2-3-4-5-6-7-8-9-10-11-12-13-18-22-20-16-14-19(21)15-17-20/h14-17H,2-13,18H2,1H3. The lowest BCUT2D eigenvalue weighted by Crippen LogP contribution is -1.96. The molecule has 2 heteroatoms. The number of unbranched alkanes of at least 4 members (excludes halogenated alkanes) is 11. The highest BCUT2D eigenvalue weighted by Crippen LogP contribution is 2.17. The van der Waals surface area contributed by atoms with Crippen molar-refractivity contribution in [1.29, 1.82) is 0 Å². The van der Waals surface area contributed by atoms with E-state index in [0.717, 1.165) is 18.8 Å². The topological polar surface area (TPSA) is 29.1 Å². The van der Waals surface area contributed by atoms with E-state index >= 15 is 0 Å². The van der Waals surface area contributed by atoms with Crippen LogP contribution in [0.15, 0.2) is 24.3 Å². The van der Waals surface area contributed by atoms with E-state index in [4.69, 9.17) is 4.74 Å². The molecule has 0 bridgehead atoms. The first-order valence-corrected chi connectivity index (χ1v) is 9.23. The van der Waals surface area contributed by atoms with Crippen molar-refractivity contribution in [2.45, 2.75) is 84.0 Å². The smallest absolute Gasteiger partial charge is 0.178 e. The lowest BCUT2D eigenvalue weighted by atomic mass is 10.1. The van der Waals surface area contributed by atoms with Gasteiger partial charge in [0.2, 0.25) is 0 Å². The predicted molar refractivity (Wildman–Crippen MR) is 93.1 cm³/mol. The van der Waals surface area contributed by atoms with E-state index in [0.29, 0.717) is 0 Å². The van der Waals surface area contributed by atoms with Gasteiger partial charge in [-0.3, -0.25) is 5.11 Å². The Morgan fingerprint density at radius 1 is 0.682 bits per heavy atom. The molecule has 0 aliphatic carbocycles. The van der Waals surface area contributed by atoms with Gasteiger partial charge in [-0.05, 0) is 30.7 Å². The highest BCUT2D eigenvalue weighted by atomic mass is 16.5. The van der Waals surface area contributed by atoms with E-state index in [2.05, 4.69) is 6.92 Å². The summed E-state index contributed by atoms with van der Waals surface area (Å²) in [6.45, 7) is 3.03. The molecule has 0 fully saturated rings. The molecular weight excluding hydrogens is 272 g/mol. The Morgan fingerprint density at radius 3 is 1.64 bits per heavy atom. The molecule has 2 nitrogen and oxygen atoms in total. The van der Waals surface area contributed by atoms with Gasteiger partial charge in [-0.2, -0.15) is 0 Å². The first kappa shape index (κ1) is 18.9. The van der Waals surface area contributed by atoms with Gasteiger partial charge < -0.3 is 4.74 Å². The van der Waals surface area contributed by atoms with Crippen molar-refractivity contribution in [2.24, 2.45) is 0 Å². The average Bonchev–Trinajstić information content (AvgIpc) is 2.53. The van der Waals surface area contributed by atoms with Crippen LogP contribution in [0.2, 0.25) is 0 Å². The Morgan fingerprint density at radius 2 is 1.14 bits per heavy atom. The summed E-state index contributed by atoms with van der Waals surface area (Å²) >= 11 is 0. The zero-order valence-corrected chi connectivity index (χ0v) is 14.3. The van der Waals surface area contributed by atoms with Crippen LogP contribution < -0.4 is 4.74 Å². The molecule has 0 amide bonds. The zero-order valence-electron chi connectivity index (χ0n) is 14.3. The van der Waals surface area contributed by atoms with Crippen molar-refractivity contribution in [3.63, 3.8) is 0 Å². The van der Waals surface area contributed by atoms with Gasteiger partial charge in [-0.25, -0.2) is 0 Å². The quantitative estimate of drug-likeness (QED) is 0.343. The van der Waals surface area contributed by atoms with Gasteiger partial charge in [-0.15, -0.1) is 0 Å². The first-order valence-electron chi connectivity index (χ1n) is 9.23. The molecule has 1 aromatic rings. The van der Waals surface area contributed by atoms with Gasteiger partial charge in [0.1, 0.15) is 5.75 Å². The Hall–Kier alpha value is -1.18. The summed E-state index contributed by atoms with van der Waals surface area (Å²) in [6, 6.07) is 6.61. The minimum Gasteiger partial charge on any atom is -0.494 e. The maximum atomic E-state index is 11.0. The molecule has 0 unspecified atom stereocenters. The van der Waals surface area contributed by atoms with Crippen LogP contribution in [-0.2, 0) is 5.11 Å². The van der Waals surface area contributed by atoms with E-state index in [1.807, 2.05) is 0 Å². The van der Waals surface area contributed by atoms with E-state index < -0.39 is 0 Å². The second-order valence-electron chi connectivity index (χ2n) is 6.21. The van der Waals surface area contributed by atoms with Crippen molar-refractivity contribution in [2.75, 3.05) is 6.61 Å². The molecule has 0 saturated heterocycles. The largest absolute Gasteiger partial charge is 0.494 e. The van der Waals surface area contributed by atoms with E-state index in [1.165, 1.54) is 70.6 Å². The highest BCUT2D eigenvalue weighted by Gasteiger charge is 1.96. The summed E-state index contributed by atoms with van der Waals surface area (Å²) in [5.41, 5.74) is 0. The van der Waals surface area contributed by atoms with Gasteiger partial charge in [0, 0.05) is 0 Å². The van der Waals surface area contributed by atoms with Crippen molar-refractivity contribution in [3.8, 4) is 11.5 Å². The van der Waals surface area contributed by atoms with Gasteiger partial charge in [0.15, 0.2) is 5.75 Å². The zero-order chi connectivity index (χ0) is 15.9. The lowest BCUT2D eigenvalue weighted by molar-refractivity contribution is 0.302. The second-order valence-corrected chi connectivity index (χ2v) is 6.21. The molecule has 0 heterocycles. The molecule has 1 rings (SSSR count). The fourth-order valence-electron chi connectivity index (χ4n) is 2.67. The van der Waals surface area contributed by atoms with Gasteiger partial charge >= 0.3 is 0 Å². The van der Waals surface area contributed by atoms with Crippen molar-refractivity contribution in [3.05, 3.63) is 24.3 Å². The number of rotatable bonds is 14. The van der Waals surface area contributed by atoms with Crippen LogP contribution in [0.4, 0.5) is 0 Å².